The van der Waals surface area contributed by atoms with E-state index in [0.29, 0.717) is 40.5 Å². The van der Waals surface area contributed by atoms with Crippen LogP contribution in [0.2, 0.25) is 0 Å². The van der Waals surface area contributed by atoms with Crippen LogP contribution in [0.3, 0.4) is 0 Å². The molecule has 1 heterocycles. The minimum atomic E-state index is -4.94. The van der Waals surface area contributed by atoms with Gasteiger partial charge in [-0.3, -0.25) is 5.32 Å². The Kier molecular flexibility index (Phi) is 12.4. The first-order chi connectivity index (χ1) is 24.3. The third kappa shape index (κ3) is 9.47. The fraction of sp³-hybridized carbons (Fsp3) is 0.361. The molecule has 10 nitrogen and oxygen atoms in total. The average Bonchev–Trinajstić information content (AvgIpc) is 3.83. The molecule has 1 saturated carbocycles. The second kappa shape index (κ2) is 16.6. The van der Waals surface area contributed by atoms with E-state index >= 15 is 0 Å². The van der Waals surface area contributed by atoms with E-state index in [1.807, 2.05) is 0 Å². The summed E-state index contributed by atoms with van der Waals surface area (Å²) in [7, 11) is -3.09. The number of thiophene rings is 1. The summed E-state index contributed by atoms with van der Waals surface area (Å²) in [6.45, 7) is -0.636. The summed E-state index contributed by atoms with van der Waals surface area (Å²) >= 11 is 0.674. The molecule has 1 aromatic heterocycles. The summed E-state index contributed by atoms with van der Waals surface area (Å²) in [5.74, 6) is -0.478. The van der Waals surface area contributed by atoms with E-state index in [1.165, 1.54) is 36.4 Å². The predicted octanol–water partition coefficient (Wildman–Crippen LogP) is 5.92. The quantitative estimate of drug-likeness (QED) is 0.0700. The molecule has 4 atom stereocenters. The van der Waals surface area contributed by atoms with Crippen LogP contribution < -0.4 is 16.4 Å². The number of sulfonamides is 1. The number of nitrogens with one attached hydrogen (secondary N) is 2. The Balaban J connectivity index is 1.49. The third-order valence-corrected chi connectivity index (χ3v) is 12.0. The van der Waals surface area contributed by atoms with Gasteiger partial charge in [-0.25, -0.2) is 13.2 Å². The number of carbonyl (C=O) groups is 1. The Morgan fingerprint density at radius 3 is 2.04 bits per heavy atom. The number of halogens is 3. The number of aliphatic hydroxyl groups is 2. The lowest BCUT2D eigenvalue weighted by molar-refractivity contribution is -0.166. The Bertz CT molecular complexity index is 1790. The minimum absolute atomic E-state index is 0.0523. The smallest absolute Gasteiger partial charge is 0.408 e. The minimum Gasteiger partial charge on any atom is -0.453 e. The van der Waals surface area contributed by atoms with Crippen molar-refractivity contribution in [3.05, 3.63) is 118 Å². The molecule has 15 heteroatoms. The number of rotatable bonds is 16. The van der Waals surface area contributed by atoms with Crippen LogP contribution in [0, 0.1) is 5.92 Å². The number of methoxy groups -OCH3 is 1. The fourth-order valence-corrected chi connectivity index (χ4v) is 8.92. The zero-order valence-electron chi connectivity index (χ0n) is 27.7. The molecule has 6 N–H and O–H groups in total. The highest BCUT2D eigenvalue weighted by atomic mass is 32.2. The van der Waals surface area contributed by atoms with Gasteiger partial charge in [0, 0.05) is 27.9 Å². The Morgan fingerprint density at radius 1 is 0.961 bits per heavy atom. The summed E-state index contributed by atoms with van der Waals surface area (Å²) < 4.78 is 78.3. The normalized spacial score (nSPS) is 16.1. The lowest BCUT2D eigenvalue weighted by Gasteiger charge is -2.35. The van der Waals surface area contributed by atoms with Gasteiger partial charge in [0.15, 0.2) is 0 Å². The second-order valence-corrected chi connectivity index (χ2v) is 15.4. The number of ether oxygens (including phenoxy) is 1. The molecule has 0 aliphatic heterocycles. The maximum absolute atomic E-state index is 14.9. The van der Waals surface area contributed by atoms with Crippen LogP contribution in [0.1, 0.15) is 58.1 Å². The Hall–Kier alpha value is -3.99. The van der Waals surface area contributed by atoms with Crippen LogP contribution in [0.15, 0.2) is 102 Å². The molecular formula is C36H41F3N4O6S2. The van der Waals surface area contributed by atoms with Crippen molar-refractivity contribution >= 4 is 33.1 Å². The van der Waals surface area contributed by atoms with Crippen molar-refractivity contribution in [3.63, 3.8) is 0 Å². The van der Waals surface area contributed by atoms with Gasteiger partial charge >= 0.3 is 12.3 Å². The maximum atomic E-state index is 14.9. The van der Waals surface area contributed by atoms with Crippen molar-refractivity contribution < 1.29 is 41.3 Å². The van der Waals surface area contributed by atoms with Crippen LogP contribution in [-0.4, -0.2) is 67.7 Å². The zero-order chi connectivity index (χ0) is 36.8. The van der Waals surface area contributed by atoms with Gasteiger partial charge in [-0.2, -0.15) is 17.5 Å². The molecule has 5 rings (SSSR count). The van der Waals surface area contributed by atoms with Gasteiger partial charge in [-0.1, -0.05) is 73.5 Å². The SMILES string of the molecule is COC(=O)N[C@H](C(O)N[C@H](c1ccc([C@@H](CO)N(CCC2CC2)S(=O)(=O)c2ccc(N)cc2)s1)C(F)(F)F)C(c1ccccc1)c1ccccc1. The number of nitrogens with zero attached hydrogens (tertiary/aromatic N) is 1. The highest BCUT2D eigenvalue weighted by Gasteiger charge is 2.45. The molecular weight excluding hydrogens is 706 g/mol. The summed E-state index contributed by atoms with van der Waals surface area (Å²) in [4.78, 5) is 12.4. The number of aliphatic hydroxyl groups excluding tert-OH is 2. The number of nitrogens with two attached hydrogens (primary N) is 1. The average molecular weight is 747 g/mol. The third-order valence-electron chi connectivity index (χ3n) is 8.87. The number of carbonyl (C=O) groups excluding carboxylic acids is 1. The molecule has 0 saturated heterocycles. The van der Waals surface area contributed by atoms with E-state index < -0.39 is 59.2 Å². The van der Waals surface area contributed by atoms with Crippen molar-refractivity contribution in [2.45, 2.75) is 60.6 Å². The van der Waals surface area contributed by atoms with Gasteiger partial charge in [-0.05, 0) is 59.9 Å². The highest BCUT2D eigenvalue weighted by molar-refractivity contribution is 7.89. The number of alkyl halides is 3. The predicted molar refractivity (Wildman–Crippen MR) is 188 cm³/mol. The molecule has 0 radical (unpaired) electrons. The monoisotopic (exact) mass is 746 g/mol. The largest absolute Gasteiger partial charge is 0.453 e. The van der Waals surface area contributed by atoms with E-state index in [4.69, 9.17) is 10.5 Å². The number of hydrogen-bond donors (Lipinski definition) is 5. The highest BCUT2D eigenvalue weighted by Crippen LogP contribution is 2.42. The standard InChI is InChI=1S/C36H41F3N4O6S2/c1-49-35(46)41-32(31(24-8-4-2-5-9-24)25-10-6-3-7-11-25)34(45)42-33(36(37,38)39)30-19-18-29(50-30)28(22-44)43(21-20-23-12-13-23)51(47,48)27-16-14-26(40)15-17-27/h2-11,14-19,23,28,31-34,42,44-45H,12-13,20-22,40H2,1H3,(H,41,46)/t28-,32+,33-,34?/m1/s1. The molecule has 3 aromatic carbocycles. The Morgan fingerprint density at radius 2 is 1.53 bits per heavy atom. The van der Waals surface area contributed by atoms with Crippen molar-refractivity contribution in [2.75, 3.05) is 26.0 Å². The first kappa shape index (κ1) is 38.2. The van der Waals surface area contributed by atoms with E-state index in [9.17, 15) is 36.6 Å². The summed E-state index contributed by atoms with van der Waals surface area (Å²) in [5, 5.41) is 26.9. The summed E-state index contributed by atoms with van der Waals surface area (Å²) in [6, 6.07) is 20.6. The molecule has 274 valence electrons. The number of hydrogen-bond acceptors (Lipinski definition) is 9. The molecule has 1 aliphatic carbocycles. The second-order valence-electron chi connectivity index (χ2n) is 12.4. The summed E-state index contributed by atoms with van der Waals surface area (Å²) in [6.07, 6.45) is -5.44. The first-order valence-corrected chi connectivity index (χ1v) is 18.6. The molecule has 4 aromatic rings. The number of benzene rings is 3. The van der Waals surface area contributed by atoms with E-state index in [2.05, 4.69) is 10.6 Å². The van der Waals surface area contributed by atoms with Gasteiger partial charge in [0.05, 0.1) is 30.7 Å². The molecule has 1 unspecified atom stereocenters. The van der Waals surface area contributed by atoms with Gasteiger partial charge in [-0.15, -0.1) is 11.3 Å². The van der Waals surface area contributed by atoms with Crippen molar-refractivity contribution in [1.82, 2.24) is 14.9 Å². The summed E-state index contributed by atoms with van der Waals surface area (Å²) in [5.41, 5.74) is 7.36. The number of amides is 1. The number of alkyl carbamates (subject to hydrolysis) is 1. The van der Waals surface area contributed by atoms with E-state index in [-0.39, 0.29) is 21.2 Å². The van der Waals surface area contributed by atoms with Crippen molar-refractivity contribution in [1.29, 1.82) is 0 Å². The van der Waals surface area contributed by atoms with Crippen LogP contribution in [-0.2, 0) is 14.8 Å². The number of anilines is 1. The number of nitrogen functional groups attached to an aromatic ring is 1. The van der Waals surface area contributed by atoms with E-state index in [1.54, 1.807) is 60.7 Å². The van der Waals surface area contributed by atoms with Crippen LogP contribution >= 0.6 is 11.3 Å². The van der Waals surface area contributed by atoms with Gasteiger partial charge in [0.2, 0.25) is 10.0 Å². The van der Waals surface area contributed by atoms with E-state index in [0.717, 1.165) is 24.3 Å². The van der Waals surface area contributed by atoms with Crippen molar-refractivity contribution in [2.24, 2.45) is 5.92 Å². The molecule has 1 amide bonds. The molecule has 0 bridgehead atoms. The van der Waals surface area contributed by atoms with Gasteiger partial charge < -0.3 is 26.0 Å². The molecule has 1 fully saturated rings. The Labute approximate surface area is 299 Å². The molecule has 51 heavy (non-hydrogen) atoms. The van der Waals surface area contributed by atoms with Crippen molar-refractivity contribution in [3.8, 4) is 0 Å². The van der Waals surface area contributed by atoms with Crippen LogP contribution in [0.4, 0.5) is 23.7 Å². The topological polar surface area (TPSA) is 154 Å². The molecule has 1 aliphatic rings. The maximum Gasteiger partial charge on any atom is 0.408 e. The van der Waals surface area contributed by atoms with Gasteiger partial charge in [0.25, 0.3) is 0 Å². The lowest BCUT2D eigenvalue weighted by Crippen LogP contribution is -2.55. The first-order valence-electron chi connectivity index (χ1n) is 16.4. The van der Waals surface area contributed by atoms with Crippen LogP contribution in [0.25, 0.3) is 0 Å². The zero-order valence-corrected chi connectivity index (χ0v) is 29.4. The van der Waals surface area contributed by atoms with Gasteiger partial charge in [0.1, 0.15) is 12.3 Å². The molecule has 0 spiro atoms. The van der Waals surface area contributed by atoms with Crippen LogP contribution in [0.5, 0.6) is 0 Å². The fourth-order valence-electron chi connectivity index (χ4n) is 6.04. The lowest BCUT2D eigenvalue weighted by atomic mass is 9.84.